The van der Waals surface area contributed by atoms with Gasteiger partial charge in [0, 0.05) is 12.3 Å². The molecule has 0 aromatic carbocycles. The quantitative estimate of drug-likeness (QED) is 0.795. The number of hydrogen-bond acceptors (Lipinski definition) is 3. The summed E-state index contributed by atoms with van der Waals surface area (Å²) in [7, 11) is 0. The van der Waals surface area contributed by atoms with Crippen molar-refractivity contribution < 1.29 is 22.3 Å². The molecule has 15 heavy (non-hydrogen) atoms. The first kappa shape index (κ1) is 11.5. The van der Waals surface area contributed by atoms with E-state index in [1.165, 1.54) is 18.5 Å². The fourth-order valence-electron chi connectivity index (χ4n) is 0.762. The fraction of sp³-hybridized carbons (Fsp3) is 0.375. The average molecular weight is 224 g/mol. The molecule has 0 radical (unpaired) electrons. The first-order chi connectivity index (χ1) is 6.93. The fourth-order valence-corrected chi connectivity index (χ4v) is 0.762. The van der Waals surface area contributed by atoms with E-state index in [1.807, 2.05) is 0 Å². The van der Waals surface area contributed by atoms with E-state index >= 15 is 0 Å². The van der Waals surface area contributed by atoms with Gasteiger partial charge in [0.15, 0.2) is 6.61 Å². The predicted molar refractivity (Wildman–Crippen MR) is 45.1 cm³/mol. The molecule has 0 aliphatic carbocycles. The zero-order valence-electron chi connectivity index (χ0n) is 7.46. The summed E-state index contributed by atoms with van der Waals surface area (Å²) < 4.78 is 52.8. The zero-order chi connectivity index (χ0) is 11.5. The van der Waals surface area contributed by atoms with Gasteiger partial charge < -0.3 is 10.5 Å². The Balaban J connectivity index is 2.62. The lowest BCUT2D eigenvalue weighted by Crippen LogP contribution is -2.33. The Bertz CT molecular complexity index is 332. The Morgan fingerprint density at radius 2 is 2.13 bits per heavy atom. The summed E-state index contributed by atoms with van der Waals surface area (Å²) in [5, 5.41) is 0. The molecular formula is C8H8F4N2O. The summed E-state index contributed by atoms with van der Waals surface area (Å²) in [4.78, 5) is 3.58. The van der Waals surface area contributed by atoms with Crippen molar-refractivity contribution in [2.45, 2.75) is 12.3 Å². The number of halogens is 4. The van der Waals surface area contributed by atoms with Gasteiger partial charge in [-0.3, -0.25) is 4.98 Å². The maximum atomic E-state index is 12.4. The van der Waals surface area contributed by atoms with Crippen LogP contribution in [0.4, 0.5) is 23.2 Å². The highest BCUT2D eigenvalue weighted by molar-refractivity contribution is 5.49. The molecule has 0 bridgehead atoms. The summed E-state index contributed by atoms with van der Waals surface area (Å²) in [5.41, 5.74) is 5.32. The molecule has 1 aromatic heterocycles. The van der Waals surface area contributed by atoms with Gasteiger partial charge in [-0.05, 0) is 0 Å². The van der Waals surface area contributed by atoms with Crippen LogP contribution in [-0.2, 0) is 0 Å². The third-order valence-corrected chi connectivity index (χ3v) is 1.55. The molecule has 0 aliphatic heterocycles. The molecule has 1 aromatic rings. The first-order valence-corrected chi connectivity index (χ1v) is 3.92. The third kappa shape index (κ3) is 2.97. The number of rotatable bonds is 4. The lowest BCUT2D eigenvalue weighted by molar-refractivity contribution is -0.148. The number of alkyl halides is 4. The third-order valence-electron chi connectivity index (χ3n) is 1.55. The Morgan fingerprint density at radius 3 is 2.67 bits per heavy atom. The summed E-state index contributed by atoms with van der Waals surface area (Å²) in [6, 6.07) is 1.22. The summed E-state index contributed by atoms with van der Waals surface area (Å²) in [6.45, 7) is -1.42. The molecule has 0 unspecified atom stereocenters. The average Bonchev–Trinajstić information content (AvgIpc) is 2.16. The molecule has 84 valence electrons. The van der Waals surface area contributed by atoms with Crippen molar-refractivity contribution in [1.82, 2.24) is 4.98 Å². The SMILES string of the molecule is Nc1cnccc1OCC(F)(F)C(F)F. The molecule has 0 aliphatic rings. The topological polar surface area (TPSA) is 48.1 Å². The molecule has 0 atom stereocenters. The minimum Gasteiger partial charge on any atom is -0.485 e. The van der Waals surface area contributed by atoms with E-state index in [0.29, 0.717) is 0 Å². The smallest absolute Gasteiger partial charge is 0.340 e. The summed E-state index contributed by atoms with van der Waals surface area (Å²) in [6.07, 6.45) is -1.33. The van der Waals surface area contributed by atoms with Crippen LogP contribution >= 0.6 is 0 Å². The van der Waals surface area contributed by atoms with Crippen molar-refractivity contribution in [1.29, 1.82) is 0 Å². The number of nitrogens with two attached hydrogens (primary N) is 1. The highest BCUT2D eigenvalue weighted by Gasteiger charge is 2.41. The maximum absolute atomic E-state index is 12.4. The number of nitrogens with zero attached hydrogens (tertiary/aromatic N) is 1. The van der Waals surface area contributed by atoms with E-state index in [-0.39, 0.29) is 11.4 Å². The molecule has 7 heteroatoms. The van der Waals surface area contributed by atoms with Crippen molar-refractivity contribution in [2.75, 3.05) is 12.3 Å². The lowest BCUT2D eigenvalue weighted by Gasteiger charge is -2.16. The molecule has 0 spiro atoms. The van der Waals surface area contributed by atoms with Crippen LogP contribution in [0.5, 0.6) is 5.75 Å². The van der Waals surface area contributed by atoms with Crippen molar-refractivity contribution in [3.8, 4) is 5.75 Å². The van der Waals surface area contributed by atoms with Crippen LogP contribution in [0.1, 0.15) is 0 Å². The maximum Gasteiger partial charge on any atom is 0.340 e. The molecule has 1 heterocycles. The van der Waals surface area contributed by atoms with E-state index in [1.54, 1.807) is 0 Å². The van der Waals surface area contributed by atoms with E-state index in [4.69, 9.17) is 5.73 Å². The number of pyridine rings is 1. The van der Waals surface area contributed by atoms with E-state index < -0.39 is 19.0 Å². The lowest BCUT2D eigenvalue weighted by atomic mass is 10.3. The van der Waals surface area contributed by atoms with Gasteiger partial charge in [0.05, 0.1) is 11.9 Å². The number of ether oxygens (including phenoxy) is 1. The molecule has 0 saturated carbocycles. The van der Waals surface area contributed by atoms with Gasteiger partial charge in [-0.2, -0.15) is 8.78 Å². The number of nitrogen functional groups attached to an aromatic ring is 1. The first-order valence-electron chi connectivity index (χ1n) is 3.92. The van der Waals surface area contributed by atoms with E-state index in [0.717, 1.165) is 0 Å². The minimum absolute atomic E-state index is 0.0163. The molecular weight excluding hydrogens is 216 g/mol. The van der Waals surface area contributed by atoms with Crippen molar-refractivity contribution in [3.63, 3.8) is 0 Å². The van der Waals surface area contributed by atoms with E-state index in [2.05, 4.69) is 9.72 Å². The molecule has 0 amide bonds. The molecule has 0 saturated heterocycles. The Morgan fingerprint density at radius 1 is 1.47 bits per heavy atom. The van der Waals surface area contributed by atoms with Crippen LogP contribution in [0.3, 0.4) is 0 Å². The monoisotopic (exact) mass is 224 g/mol. The van der Waals surface area contributed by atoms with Crippen molar-refractivity contribution >= 4 is 5.69 Å². The van der Waals surface area contributed by atoms with Gasteiger partial charge in [0.25, 0.3) is 0 Å². The molecule has 3 nitrogen and oxygen atoms in total. The second kappa shape index (κ2) is 4.33. The normalized spacial score (nSPS) is 11.8. The highest BCUT2D eigenvalue weighted by Crippen LogP contribution is 2.26. The number of aromatic nitrogens is 1. The number of anilines is 1. The summed E-state index contributed by atoms with van der Waals surface area (Å²) in [5.74, 6) is -4.28. The van der Waals surface area contributed by atoms with Gasteiger partial charge >= 0.3 is 12.3 Å². The van der Waals surface area contributed by atoms with Crippen LogP contribution in [0.2, 0.25) is 0 Å². The van der Waals surface area contributed by atoms with Crippen molar-refractivity contribution in [3.05, 3.63) is 18.5 Å². The molecule has 1 rings (SSSR count). The van der Waals surface area contributed by atoms with Crippen LogP contribution < -0.4 is 10.5 Å². The van der Waals surface area contributed by atoms with Crippen LogP contribution in [0.25, 0.3) is 0 Å². The van der Waals surface area contributed by atoms with Crippen LogP contribution in [-0.4, -0.2) is 23.9 Å². The highest BCUT2D eigenvalue weighted by atomic mass is 19.3. The second-order valence-corrected chi connectivity index (χ2v) is 2.76. The Labute approximate surface area is 82.9 Å². The van der Waals surface area contributed by atoms with Crippen molar-refractivity contribution in [2.24, 2.45) is 0 Å². The zero-order valence-corrected chi connectivity index (χ0v) is 7.46. The van der Waals surface area contributed by atoms with Gasteiger partial charge in [-0.15, -0.1) is 0 Å². The Kier molecular flexibility index (Phi) is 3.33. The standard InChI is InChI=1S/C8H8F4N2O/c9-7(10)8(11,12)4-15-6-1-2-14-3-5(6)13/h1-3,7H,4,13H2. The van der Waals surface area contributed by atoms with Gasteiger partial charge in [-0.1, -0.05) is 0 Å². The number of hydrogen-bond donors (Lipinski definition) is 1. The van der Waals surface area contributed by atoms with Crippen LogP contribution in [0, 0.1) is 0 Å². The summed E-state index contributed by atoms with van der Waals surface area (Å²) >= 11 is 0. The minimum atomic E-state index is -4.18. The molecule has 2 N–H and O–H groups in total. The molecule has 0 fully saturated rings. The van der Waals surface area contributed by atoms with Crippen LogP contribution in [0.15, 0.2) is 18.5 Å². The second-order valence-electron chi connectivity index (χ2n) is 2.76. The Hall–Kier alpha value is -1.53. The van der Waals surface area contributed by atoms with Gasteiger partial charge in [0.2, 0.25) is 0 Å². The van der Waals surface area contributed by atoms with Gasteiger partial charge in [0.1, 0.15) is 5.75 Å². The largest absolute Gasteiger partial charge is 0.485 e. The van der Waals surface area contributed by atoms with Gasteiger partial charge in [-0.25, -0.2) is 8.78 Å². The van der Waals surface area contributed by atoms with E-state index in [9.17, 15) is 17.6 Å². The predicted octanol–water partition coefficient (Wildman–Crippen LogP) is 1.94.